The van der Waals surface area contributed by atoms with Crippen LogP contribution in [-0.2, 0) is 0 Å². The van der Waals surface area contributed by atoms with Crippen molar-refractivity contribution in [3.8, 4) is 0 Å². The van der Waals surface area contributed by atoms with E-state index in [-0.39, 0.29) is 5.92 Å². The van der Waals surface area contributed by atoms with Crippen LogP contribution in [-0.4, -0.2) is 16.3 Å². The molecule has 0 heterocycles. The molecule has 3 atom stereocenters. The second-order valence-corrected chi connectivity index (χ2v) is 4.40. The van der Waals surface area contributed by atoms with Gasteiger partial charge in [0, 0.05) is 5.92 Å². The second-order valence-electron chi connectivity index (χ2n) is 4.40. The molecule has 0 aromatic heterocycles. The number of aliphatic hydroxyl groups excluding tert-OH is 2. The first-order valence-electron chi connectivity index (χ1n) is 6.08. The Balaban J connectivity index is 2.71. The van der Waals surface area contributed by atoms with Crippen molar-refractivity contribution in [2.75, 3.05) is 0 Å². The monoisotopic (exact) mass is 222 g/mol. The highest BCUT2D eigenvalue weighted by molar-refractivity contribution is 5.18. The lowest BCUT2D eigenvalue weighted by Gasteiger charge is -2.25. The van der Waals surface area contributed by atoms with E-state index in [0.29, 0.717) is 0 Å². The Labute approximate surface area is 97.9 Å². The van der Waals surface area contributed by atoms with E-state index in [1.54, 1.807) is 6.92 Å². The van der Waals surface area contributed by atoms with Crippen LogP contribution in [0.25, 0.3) is 0 Å². The molecule has 2 N–H and O–H groups in total. The van der Waals surface area contributed by atoms with E-state index in [2.05, 4.69) is 6.92 Å². The van der Waals surface area contributed by atoms with Gasteiger partial charge >= 0.3 is 0 Å². The molecule has 16 heavy (non-hydrogen) atoms. The van der Waals surface area contributed by atoms with Crippen LogP contribution in [0.3, 0.4) is 0 Å². The van der Waals surface area contributed by atoms with E-state index < -0.39 is 12.2 Å². The second kappa shape index (κ2) is 6.66. The van der Waals surface area contributed by atoms with Gasteiger partial charge in [-0.2, -0.15) is 0 Å². The van der Waals surface area contributed by atoms with Crippen molar-refractivity contribution in [1.82, 2.24) is 0 Å². The highest BCUT2D eigenvalue weighted by atomic mass is 16.3. The lowest BCUT2D eigenvalue weighted by atomic mass is 9.87. The number of hydrogen-bond donors (Lipinski definition) is 2. The topological polar surface area (TPSA) is 40.5 Å². The third-order valence-corrected chi connectivity index (χ3v) is 3.06. The SMILES string of the molecule is CCCCC(C(C)O)C(O)c1ccccc1. The average molecular weight is 222 g/mol. The first-order chi connectivity index (χ1) is 7.66. The van der Waals surface area contributed by atoms with Gasteiger partial charge in [0.05, 0.1) is 12.2 Å². The van der Waals surface area contributed by atoms with Crippen molar-refractivity contribution in [2.24, 2.45) is 5.92 Å². The molecule has 1 aromatic rings. The van der Waals surface area contributed by atoms with Gasteiger partial charge < -0.3 is 10.2 Å². The number of benzene rings is 1. The summed E-state index contributed by atoms with van der Waals surface area (Å²) in [6, 6.07) is 9.58. The molecule has 1 aromatic carbocycles. The minimum absolute atomic E-state index is 0.0673. The number of unbranched alkanes of at least 4 members (excludes halogenated alkanes) is 1. The van der Waals surface area contributed by atoms with E-state index in [1.807, 2.05) is 30.3 Å². The highest BCUT2D eigenvalue weighted by Gasteiger charge is 2.24. The Hall–Kier alpha value is -0.860. The van der Waals surface area contributed by atoms with Gasteiger partial charge in [0.25, 0.3) is 0 Å². The first kappa shape index (κ1) is 13.2. The first-order valence-corrected chi connectivity index (χ1v) is 6.08. The van der Waals surface area contributed by atoms with Crippen molar-refractivity contribution in [3.05, 3.63) is 35.9 Å². The molecule has 0 aliphatic rings. The fraction of sp³-hybridized carbons (Fsp3) is 0.571. The molecule has 2 heteroatoms. The largest absolute Gasteiger partial charge is 0.393 e. The molecule has 0 aliphatic carbocycles. The van der Waals surface area contributed by atoms with Crippen molar-refractivity contribution >= 4 is 0 Å². The molecule has 0 aliphatic heterocycles. The molecule has 0 fully saturated rings. The van der Waals surface area contributed by atoms with Gasteiger partial charge in [-0.05, 0) is 18.9 Å². The maximum atomic E-state index is 10.2. The zero-order valence-electron chi connectivity index (χ0n) is 10.1. The summed E-state index contributed by atoms with van der Waals surface area (Å²) in [5.41, 5.74) is 0.893. The van der Waals surface area contributed by atoms with Gasteiger partial charge in [-0.1, -0.05) is 50.1 Å². The summed E-state index contributed by atoms with van der Waals surface area (Å²) in [4.78, 5) is 0. The Morgan fingerprint density at radius 2 is 1.75 bits per heavy atom. The van der Waals surface area contributed by atoms with Gasteiger partial charge in [-0.3, -0.25) is 0 Å². The highest BCUT2D eigenvalue weighted by Crippen LogP contribution is 2.28. The number of aliphatic hydroxyl groups is 2. The van der Waals surface area contributed by atoms with E-state index in [4.69, 9.17) is 0 Å². The molecule has 0 radical (unpaired) electrons. The maximum Gasteiger partial charge on any atom is 0.0842 e. The molecule has 0 bridgehead atoms. The third-order valence-electron chi connectivity index (χ3n) is 3.06. The summed E-state index contributed by atoms with van der Waals surface area (Å²) in [7, 11) is 0. The minimum Gasteiger partial charge on any atom is -0.393 e. The molecule has 3 unspecified atom stereocenters. The van der Waals surface area contributed by atoms with E-state index in [1.165, 1.54) is 0 Å². The summed E-state index contributed by atoms with van der Waals surface area (Å²) < 4.78 is 0. The zero-order valence-corrected chi connectivity index (χ0v) is 10.1. The average Bonchev–Trinajstić information content (AvgIpc) is 2.30. The minimum atomic E-state index is -0.562. The quantitative estimate of drug-likeness (QED) is 0.777. The predicted octanol–water partition coefficient (Wildman–Crippen LogP) is 2.91. The summed E-state index contributed by atoms with van der Waals surface area (Å²) in [6.45, 7) is 3.88. The van der Waals surface area contributed by atoms with Crippen LogP contribution < -0.4 is 0 Å². The van der Waals surface area contributed by atoms with Gasteiger partial charge in [0.15, 0.2) is 0 Å². The van der Waals surface area contributed by atoms with Crippen LogP contribution in [0.5, 0.6) is 0 Å². The maximum absolute atomic E-state index is 10.2. The Morgan fingerprint density at radius 3 is 2.25 bits per heavy atom. The van der Waals surface area contributed by atoms with Crippen LogP contribution in [0.1, 0.15) is 44.8 Å². The Kier molecular flexibility index (Phi) is 5.50. The molecule has 2 nitrogen and oxygen atoms in total. The molecule has 1 rings (SSSR count). The van der Waals surface area contributed by atoms with Crippen LogP contribution in [0.4, 0.5) is 0 Å². The fourth-order valence-corrected chi connectivity index (χ4v) is 2.00. The Bertz CT molecular complexity index is 282. The van der Waals surface area contributed by atoms with Gasteiger partial charge in [0.2, 0.25) is 0 Å². The number of hydrogen-bond acceptors (Lipinski definition) is 2. The van der Waals surface area contributed by atoms with E-state index in [9.17, 15) is 10.2 Å². The van der Waals surface area contributed by atoms with Gasteiger partial charge in [-0.15, -0.1) is 0 Å². The molecule has 0 amide bonds. The summed E-state index contributed by atoms with van der Waals surface area (Å²) in [5, 5.41) is 19.9. The molecular formula is C14H22O2. The summed E-state index contributed by atoms with van der Waals surface area (Å²) in [5.74, 6) is -0.0673. The molecule has 0 spiro atoms. The predicted molar refractivity (Wildman–Crippen MR) is 66.1 cm³/mol. The molecular weight excluding hydrogens is 200 g/mol. The normalized spacial score (nSPS) is 16.8. The van der Waals surface area contributed by atoms with Crippen molar-refractivity contribution in [3.63, 3.8) is 0 Å². The fourth-order valence-electron chi connectivity index (χ4n) is 2.00. The van der Waals surface area contributed by atoms with E-state index in [0.717, 1.165) is 24.8 Å². The third kappa shape index (κ3) is 3.62. The van der Waals surface area contributed by atoms with Gasteiger partial charge in [0.1, 0.15) is 0 Å². The van der Waals surface area contributed by atoms with Crippen molar-refractivity contribution < 1.29 is 10.2 Å². The summed E-state index contributed by atoms with van der Waals surface area (Å²) >= 11 is 0. The zero-order chi connectivity index (χ0) is 12.0. The lowest BCUT2D eigenvalue weighted by molar-refractivity contribution is 0.0150. The van der Waals surface area contributed by atoms with E-state index >= 15 is 0 Å². The number of rotatable bonds is 6. The van der Waals surface area contributed by atoms with Crippen LogP contribution in [0.2, 0.25) is 0 Å². The molecule has 0 saturated carbocycles. The van der Waals surface area contributed by atoms with Crippen LogP contribution >= 0.6 is 0 Å². The van der Waals surface area contributed by atoms with Crippen molar-refractivity contribution in [1.29, 1.82) is 0 Å². The molecule has 90 valence electrons. The lowest BCUT2D eigenvalue weighted by Crippen LogP contribution is -2.24. The summed E-state index contributed by atoms with van der Waals surface area (Å²) in [6.07, 6.45) is 1.96. The van der Waals surface area contributed by atoms with Crippen LogP contribution in [0, 0.1) is 5.92 Å². The smallest absolute Gasteiger partial charge is 0.0842 e. The van der Waals surface area contributed by atoms with Crippen LogP contribution in [0.15, 0.2) is 30.3 Å². The van der Waals surface area contributed by atoms with Gasteiger partial charge in [-0.25, -0.2) is 0 Å². The molecule has 0 saturated heterocycles. The Morgan fingerprint density at radius 1 is 1.12 bits per heavy atom. The van der Waals surface area contributed by atoms with Crippen molar-refractivity contribution in [2.45, 2.75) is 45.3 Å². The standard InChI is InChI=1S/C14H22O2/c1-3-4-10-13(11(2)15)14(16)12-8-6-5-7-9-12/h5-9,11,13-16H,3-4,10H2,1-2H3.